The number of carboxylic acids is 1. The van der Waals surface area contributed by atoms with Crippen LogP contribution in [0, 0.1) is 0 Å². The summed E-state index contributed by atoms with van der Waals surface area (Å²) in [5.74, 6) is -0.704. The molecule has 0 unspecified atom stereocenters. The predicted molar refractivity (Wildman–Crippen MR) is 49.7 cm³/mol. The smallest absolute Gasteiger partial charge is 0.320 e. The van der Waals surface area contributed by atoms with Crippen LogP contribution < -0.4 is 0 Å². The lowest BCUT2D eigenvalue weighted by molar-refractivity contribution is -0.141. The number of hydrogen-bond acceptors (Lipinski definition) is 2. The topological polar surface area (TPSA) is 40.5 Å². The van der Waals surface area contributed by atoms with Crippen LogP contribution in [0.25, 0.3) is 0 Å². The molecule has 0 radical (unpaired) electrons. The fraction of sp³-hybridized carbons (Fsp3) is 0.625. The molecule has 70 valence electrons. The second-order valence-corrected chi connectivity index (χ2v) is 2.78. The lowest BCUT2D eigenvalue weighted by Crippen LogP contribution is -2.35. The zero-order valence-electron chi connectivity index (χ0n) is 6.90. The monoisotopic (exact) mass is 191 g/mol. The van der Waals surface area contributed by atoms with E-state index < -0.39 is 5.97 Å². The number of rotatable bonds is 3. The Bertz CT molecular complexity index is 172. The average molecular weight is 192 g/mol. The fourth-order valence-electron chi connectivity index (χ4n) is 1.49. The highest BCUT2D eigenvalue weighted by Gasteiger charge is 2.28. The van der Waals surface area contributed by atoms with Gasteiger partial charge in [-0.1, -0.05) is 6.08 Å². The van der Waals surface area contributed by atoms with Crippen LogP contribution in [0.15, 0.2) is 12.7 Å². The molecule has 3 nitrogen and oxygen atoms in total. The van der Waals surface area contributed by atoms with E-state index in [4.69, 9.17) is 5.11 Å². The minimum atomic E-state index is -0.704. The first-order valence-corrected chi connectivity index (χ1v) is 3.83. The van der Waals surface area contributed by atoms with E-state index in [1.165, 1.54) is 0 Å². The molecule has 12 heavy (non-hydrogen) atoms. The largest absolute Gasteiger partial charge is 0.480 e. The van der Waals surface area contributed by atoms with Gasteiger partial charge in [-0.2, -0.15) is 0 Å². The second-order valence-electron chi connectivity index (χ2n) is 2.78. The number of hydrogen-bond donors (Lipinski definition) is 1. The molecular weight excluding hydrogens is 178 g/mol. The van der Waals surface area contributed by atoms with Crippen molar-refractivity contribution in [1.29, 1.82) is 0 Å². The van der Waals surface area contributed by atoms with Crippen molar-refractivity contribution in [1.82, 2.24) is 4.90 Å². The lowest BCUT2D eigenvalue weighted by Gasteiger charge is -2.18. The van der Waals surface area contributed by atoms with Gasteiger partial charge in [-0.25, -0.2) is 0 Å². The van der Waals surface area contributed by atoms with Gasteiger partial charge in [0.2, 0.25) is 0 Å². The van der Waals surface area contributed by atoms with E-state index in [0.717, 1.165) is 19.4 Å². The molecule has 1 fully saturated rings. The van der Waals surface area contributed by atoms with Crippen LogP contribution in [0.3, 0.4) is 0 Å². The summed E-state index contributed by atoms with van der Waals surface area (Å²) in [5, 5.41) is 8.73. The van der Waals surface area contributed by atoms with Gasteiger partial charge in [0.1, 0.15) is 6.04 Å². The Morgan fingerprint density at radius 3 is 2.92 bits per heavy atom. The molecule has 1 N–H and O–H groups in total. The minimum Gasteiger partial charge on any atom is -0.480 e. The van der Waals surface area contributed by atoms with Crippen LogP contribution in [0.1, 0.15) is 12.8 Å². The molecule has 1 saturated heterocycles. The van der Waals surface area contributed by atoms with Crippen molar-refractivity contribution in [2.75, 3.05) is 13.1 Å². The van der Waals surface area contributed by atoms with E-state index in [1.54, 1.807) is 6.08 Å². The van der Waals surface area contributed by atoms with Crippen molar-refractivity contribution < 1.29 is 9.90 Å². The molecule has 1 rings (SSSR count). The van der Waals surface area contributed by atoms with Crippen LogP contribution in [-0.2, 0) is 4.79 Å². The Hall–Kier alpha value is -0.540. The number of nitrogens with zero attached hydrogens (tertiary/aromatic N) is 1. The summed E-state index contributed by atoms with van der Waals surface area (Å²) in [6.07, 6.45) is 3.52. The third-order valence-electron chi connectivity index (χ3n) is 2.01. The second kappa shape index (κ2) is 5.17. The standard InChI is InChI=1S/C8H13NO2.ClH/c1-2-5-9-6-3-4-7(9)8(10)11;/h2,7H,1,3-6H2,(H,10,11);1H/t7-;/m1./s1. The first-order chi connectivity index (χ1) is 5.25. The summed E-state index contributed by atoms with van der Waals surface area (Å²) < 4.78 is 0. The van der Waals surface area contributed by atoms with Crippen molar-refractivity contribution in [2.24, 2.45) is 0 Å². The van der Waals surface area contributed by atoms with Gasteiger partial charge in [0.15, 0.2) is 0 Å². The summed E-state index contributed by atoms with van der Waals surface area (Å²) in [6.45, 7) is 5.17. The van der Waals surface area contributed by atoms with Crippen molar-refractivity contribution >= 4 is 18.4 Å². The summed E-state index contributed by atoms with van der Waals surface area (Å²) in [6, 6.07) is -0.270. The number of halogens is 1. The summed E-state index contributed by atoms with van der Waals surface area (Å²) in [4.78, 5) is 12.6. The van der Waals surface area contributed by atoms with Gasteiger partial charge in [-0.3, -0.25) is 9.69 Å². The zero-order valence-corrected chi connectivity index (χ0v) is 7.72. The molecule has 1 aliphatic heterocycles. The van der Waals surface area contributed by atoms with E-state index >= 15 is 0 Å². The third kappa shape index (κ3) is 2.50. The van der Waals surface area contributed by atoms with Gasteiger partial charge in [-0.15, -0.1) is 19.0 Å². The molecule has 0 aliphatic carbocycles. The van der Waals surface area contributed by atoms with E-state index in [0.29, 0.717) is 6.54 Å². The fourth-order valence-corrected chi connectivity index (χ4v) is 1.49. The first-order valence-electron chi connectivity index (χ1n) is 3.83. The van der Waals surface area contributed by atoms with E-state index in [1.807, 2.05) is 4.90 Å². The molecule has 0 saturated carbocycles. The Labute approximate surface area is 78.5 Å². The molecule has 0 bridgehead atoms. The molecule has 0 aromatic carbocycles. The van der Waals surface area contributed by atoms with E-state index in [9.17, 15) is 4.79 Å². The maximum absolute atomic E-state index is 10.6. The molecule has 0 spiro atoms. The van der Waals surface area contributed by atoms with E-state index in [2.05, 4.69) is 6.58 Å². The number of aliphatic carboxylic acids is 1. The van der Waals surface area contributed by atoms with Crippen molar-refractivity contribution in [2.45, 2.75) is 18.9 Å². The SMILES string of the molecule is C=CCN1CCC[C@@H]1C(=O)O.Cl. The molecule has 1 aliphatic rings. The van der Waals surface area contributed by atoms with Gasteiger partial charge in [-0.05, 0) is 19.4 Å². The quantitative estimate of drug-likeness (QED) is 0.681. The van der Waals surface area contributed by atoms with Crippen molar-refractivity contribution in [3.05, 3.63) is 12.7 Å². The molecule has 1 atom stereocenters. The van der Waals surface area contributed by atoms with Crippen LogP contribution in [0.2, 0.25) is 0 Å². The predicted octanol–water partition coefficient (Wildman–Crippen LogP) is 1.14. The molecule has 0 aromatic heterocycles. The van der Waals surface area contributed by atoms with Crippen LogP contribution in [0.5, 0.6) is 0 Å². The normalized spacial score (nSPS) is 23.2. The highest BCUT2D eigenvalue weighted by atomic mass is 35.5. The number of carboxylic acid groups (broad SMARTS) is 1. The molecule has 0 aromatic rings. The molecule has 0 amide bonds. The number of carbonyl (C=O) groups is 1. The van der Waals surface area contributed by atoms with Crippen LogP contribution >= 0.6 is 12.4 Å². The maximum Gasteiger partial charge on any atom is 0.320 e. The molecular formula is C8H14ClNO2. The van der Waals surface area contributed by atoms with Gasteiger partial charge in [0.05, 0.1) is 0 Å². The maximum atomic E-state index is 10.6. The lowest BCUT2D eigenvalue weighted by atomic mass is 10.2. The van der Waals surface area contributed by atoms with Gasteiger partial charge >= 0.3 is 5.97 Å². The molecule has 1 heterocycles. The van der Waals surface area contributed by atoms with Crippen LogP contribution in [-0.4, -0.2) is 35.1 Å². The van der Waals surface area contributed by atoms with E-state index in [-0.39, 0.29) is 18.4 Å². The summed E-state index contributed by atoms with van der Waals surface area (Å²) >= 11 is 0. The van der Waals surface area contributed by atoms with Gasteiger partial charge < -0.3 is 5.11 Å². The van der Waals surface area contributed by atoms with Crippen molar-refractivity contribution in [3.8, 4) is 0 Å². The Balaban J connectivity index is 0.00000121. The molecule has 4 heteroatoms. The summed E-state index contributed by atoms with van der Waals surface area (Å²) in [5.41, 5.74) is 0. The summed E-state index contributed by atoms with van der Waals surface area (Å²) in [7, 11) is 0. The third-order valence-corrected chi connectivity index (χ3v) is 2.01. The van der Waals surface area contributed by atoms with Crippen LogP contribution in [0.4, 0.5) is 0 Å². The number of likely N-dealkylation sites (tertiary alicyclic amines) is 1. The van der Waals surface area contributed by atoms with Crippen molar-refractivity contribution in [3.63, 3.8) is 0 Å². The van der Waals surface area contributed by atoms with Gasteiger partial charge in [0.25, 0.3) is 0 Å². The minimum absolute atomic E-state index is 0. The zero-order chi connectivity index (χ0) is 8.27. The van der Waals surface area contributed by atoms with Gasteiger partial charge in [0, 0.05) is 6.54 Å². The highest BCUT2D eigenvalue weighted by Crippen LogP contribution is 2.16. The average Bonchev–Trinajstić information content (AvgIpc) is 2.36. The highest BCUT2D eigenvalue weighted by molar-refractivity contribution is 5.85. The first kappa shape index (κ1) is 11.5. The Kier molecular flexibility index (Phi) is 4.93. The Morgan fingerprint density at radius 1 is 1.75 bits per heavy atom. The Morgan fingerprint density at radius 2 is 2.42 bits per heavy atom.